The molecule has 2 aliphatic rings. The van der Waals surface area contributed by atoms with Crippen LogP contribution in [0.25, 0.3) is 0 Å². The number of halogens is 1. The molecule has 0 saturated carbocycles. The highest BCUT2D eigenvalue weighted by Gasteiger charge is 2.32. The van der Waals surface area contributed by atoms with Crippen LogP contribution in [0.4, 0.5) is 9.18 Å². The second kappa shape index (κ2) is 8.34. The Kier molecular flexibility index (Phi) is 5.92. The zero-order valence-electron chi connectivity index (χ0n) is 13.7. The van der Waals surface area contributed by atoms with E-state index in [4.69, 9.17) is 4.74 Å². The molecule has 2 aliphatic heterocycles. The number of urea groups is 1. The number of amides is 2. The number of aromatic nitrogens is 2. The van der Waals surface area contributed by atoms with Gasteiger partial charge in [0.25, 0.3) is 0 Å². The maximum atomic E-state index is 13.8. The van der Waals surface area contributed by atoms with Gasteiger partial charge in [-0.05, 0) is 12.8 Å². The number of rotatable bonds is 6. The van der Waals surface area contributed by atoms with E-state index in [0.717, 1.165) is 18.6 Å². The summed E-state index contributed by atoms with van der Waals surface area (Å²) in [6.07, 6.45) is 5.51. The van der Waals surface area contributed by atoms with Crippen molar-refractivity contribution >= 4 is 6.03 Å². The lowest BCUT2D eigenvalue weighted by Crippen LogP contribution is -2.44. The fraction of sp³-hybridized carbons (Fsp3) is 0.688. The Morgan fingerprint density at radius 1 is 1.33 bits per heavy atom. The van der Waals surface area contributed by atoms with Gasteiger partial charge in [-0.3, -0.25) is 4.90 Å². The summed E-state index contributed by atoms with van der Waals surface area (Å²) >= 11 is 0. The van der Waals surface area contributed by atoms with Crippen LogP contribution in [0.15, 0.2) is 18.7 Å². The number of alkyl halides is 1. The average molecular weight is 337 g/mol. The minimum Gasteiger partial charge on any atom is -0.381 e. The molecule has 0 aromatic carbocycles. The Morgan fingerprint density at radius 2 is 2.12 bits per heavy atom. The average Bonchev–Trinajstić information content (AvgIpc) is 3.22. The fourth-order valence-electron chi connectivity index (χ4n) is 3.23. The molecule has 3 heterocycles. The van der Waals surface area contributed by atoms with Gasteiger partial charge in [-0.2, -0.15) is 0 Å². The molecule has 0 unspecified atom stereocenters. The summed E-state index contributed by atoms with van der Waals surface area (Å²) in [6, 6.07) is -0.215. The molecule has 3 rings (SSSR count). The van der Waals surface area contributed by atoms with E-state index in [1.165, 1.54) is 6.33 Å². The lowest BCUT2D eigenvalue weighted by Gasteiger charge is -2.24. The monoisotopic (exact) mass is 337 g/mol. The first-order valence-corrected chi connectivity index (χ1v) is 8.42. The molecule has 132 valence electrons. The van der Waals surface area contributed by atoms with Crippen LogP contribution < -0.4 is 10.6 Å². The molecule has 2 N–H and O–H groups in total. The lowest BCUT2D eigenvalue weighted by atomic mass is 10.1. The molecule has 1 aromatic rings. The van der Waals surface area contributed by atoms with Gasteiger partial charge in [-0.1, -0.05) is 0 Å². The van der Waals surface area contributed by atoms with E-state index >= 15 is 0 Å². The lowest BCUT2D eigenvalue weighted by molar-refractivity contribution is 0.184. The third kappa shape index (κ3) is 4.85. The second-order valence-corrected chi connectivity index (χ2v) is 6.48. The quantitative estimate of drug-likeness (QED) is 0.800. The van der Waals surface area contributed by atoms with Gasteiger partial charge in [0.05, 0.1) is 6.61 Å². The smallest absolute Gasteiger partial charge is 0.314 e. The van der Waals surface area contributed by atoms with Gasteiger partial charge in [0.15, 0.2) is 0 Å². The zero-order chi connectivity index (χ0) is 16.8. The SMILES string of the molecule is O=C(NC[C@H]1CCOC1)NC[C@@H]1C[C@H](F)CN1Cc1cncnc1. The molecule has 1 aromatic heterocycles. The highest BCUT2D eigenvalue weighted by Crippen LogP contribution is 2.22. The molecule has 0 aliphatic carbocycles. The Labute approximate surface area is 141 Å². The molecule has 0 bridgehead atoms. The van der Waals surface area contributed by atoms with Crippen LogP contribution in [0, 0.1) is 5.92 Å². The minimum atomic E-state index is -0.861. The molecule has 7 nitrogen and oxygen atoms in total. The highest BCUT2D eigenvalue weighted by molar-refractivity contribution is 5.73. The number of carbonyl (C=O) groups excluding carboxylic acids is 1. The van der Waals surface area contributed by atoms with Gasteiger partial charge in [0, 0.05) is 62.7 Å². The summed E-state index contributed by atoms with van der Waals surface area (Å²) in [6.45, 7) is 3.50. The Morgan fingerprint density at radius 3 is 2.88 bits per heavy atom. The van der Waals surface area contributed by atoms with Gasteiger partial charge in [0.1, 0.15) is 12.5 Å². The maximum absolute atomic E-state index is 13.8. The summed E-state index contributed by atoms with van der Waals surface area (Å²) in [5.74, 6) is 0.395. The predicted molar refractivity (Wildman–Crippen MR) is 86.1 cm³/mol. The summed E-state index contributed by atoms with van der Waals surface area (Å²) in [4.78, 5) is 21.9. The molecule has 0 spiro atoms. The minimum absolute atomic E-state index is 0.0132. The molecule has 2 saturated heterocycles. The molecule has 2 amide bonds. The number of likely N-dealkylation sites (tertiary alicyclic amines) is 1. The zero-order valence-corrected chi connectivity index (χ0v) is 13.7. The van der Waals surface area contributed by atoms with Crippen LogP contribution in [0.2, 0.25) is 0 Å². The van der Waals surface area contributed by atoms with E-state index in [2.05, 4.69) is 20.6 Å². The Balaban J connectivity index is 1.43. The van der Waals surface area contributed by atoms with Crippen LogP contribution >= 0.6 is 0 Å². The molecule has 0 radical (unpaired) electrons. The van der Waals surface area contributed by atoms with E-state index in [1.54, 1.807) is 12.4 Å². The van der Waals surface area contributed by atoms with E-state index in [1.807, 2.05) is 4.90 Å². The van der Waals surface area contributed by atoms with Crippen LogP contribution in [0.3, 0.4) is 0 Å². The van der Waals surface area contributed by atoms with Crippen molar-refractivity contribution in [3.05, 3.63) is 24.3 Å². The Bertz CT molecular complexity index is 526. The van der Waals surface area contributed by atoms with Crippen molar-refractivity contribution in [3.8, 4) is 0 Å². The highest BCUT2D eigenvalue weighted by atomic mass is 19.1. The van der Waals surface area contributed by atoms with Crippen LogP contribution in [0.1, 0.15) is 18.4 Å². The molecule has 2 fully saturated rings. The van der Waals surface area contributed by atoms with E-state index in [-0.39, 0.29) is 12.1 Å². The summed E-state index contributed by atoms with van der Waals surface area (Å²) in [5.41, 5.74) is 0.947. The summed E-state index contributed by atoms with van der Waals surface area (Å²) < 4.78 is 19.1. The van der Waals surface area contributed by atoms with E-state index in [0.29, 0.717) is 45.1 Å². The van der Waals surface area contributed by atoms with Crippen LogP contribution in [0.5, 0.6) is 0 Å². The summed E-state index contributed by atoms with van der Waals surface area (Å²) in [5, 5.41) is 5.72. The molecule has 8 heteroatoms. The number of carbonyl (C=O) groups is 1. The van der Waals surface area contributed by atoms with Gasteiger partial charge in [-0.15, -0.1) is 0 Å². The third-order valence-electron chi connectivity index (χ3n) is 4.55. The number of ether oxygens (including phenoxy) is 1. The maximum Gasteiger partial charge on any atom is 0.314 e. The largest absolute Gasteiger partial charge is 0.381 e. The normalized spacial score (nSPS) is 27.3. The van der Waals surface area contributed by atoms with Crippen LogP contribution in [-0.4, -0.2) is 66.0 Å². The number of nitrogens with zero attached hydrogens (tertiary/aromatic N) is 3. The number of hydrogen-bond acceptors (Lipinski definition) is 5. The van der Waals surface area contributed by atoms with Crippen molar-refractivity contribution in [1.29, 1.82) is 0 Å². The van der Waals surface area contributed by atoms with Crippen molar-refractivity contribution in [2.24, 2.45) is 5.92 Å². The van der Waals surface area contributed by atoms with Gasteiger partial charge >= 0.3 is 6.03 Å². The van der Waals surface area contributed by atoms with Gasteiger partial charge in [-0.25, -0.2) is 19.2 Å². The predicted octanol–water partition coefficient (Wildman–Crippen LogP) is 0.725. The summed E-state index contributed by atoms with van der Waals surface area (Å²) in [7, 11) is 0. The first-order chi connectivity index (χ1) is 11.7. The second-order valence-electron chi connectivity index (χ2n) is 6.48. The van der Waals surface area contributed by atoms with Crippen LogP contribution in [-0.2, 0) is 11.3 Å². The van der Waals surface area contributed by atoms with Crippen molar-refractivity contribution in [1.82, 2.24) is 25.5 Å². The van der Waals surface area contributed by atoms with Crippen molar-refractivity contribution in [3.63, 3.8) is 0 Å². The Hall–Kier alpha value is -1.80. The topological polar surface area (TPSA) is 79.4 Å². The van der Waals surface area contributed by atoms with Crippen molar-refractivity contribution in [2.75, 3.05) is 32.8 Å². The molecule has 24 heavy (non-hydrogen) atoms. The van der Waals surface area contributed by atoms with E-state index in [9.17, 15) is 9.18 Å². The molecular formula is C16H24FN5O2. The fourth-order valence-corrected chi connectivity index (χ4v) is 3.23. The third-order valence-corrected chi connectivity index (χ3v) is 4.55. The number of hydrogen-bond donors (Lipinski definition) is 2. The molecular weight excluding hydrogens is 313 g/mol. The first-order valence-electron chi connectivity index (χ1n) is 8.42. The number of nitrogens with one attached hydrogen (secondary N) is 2. The molecule has 3 atom stereocenters. The van der Waals surface area contributed by atoms with Crippen molar-refractivity contribution < 1.29 is 13.9 Å². The van der Waals surface area contributed by atoms with Gasteiger partial charge in [0.2, 0.25) is 0 Å². The first kappa shape index (κ1) is 17.0. The van der Waals surface area contributed by atoms with E-state index < -0.39 is 6.17 Å². The standard InChI is InChI=1S/C16H24FN5O2/c17-14-3-15(22(9-14)8-13-4-18-11-19-5-13)7-21-16(23)20-6-12-1-2-24-10-12/h4-5,11-12,14-15H,1-3,6-10H2,(H2,20,21,23)/t12-,14+,15+/m1/s1. The van der Waals surface area contributed by atoms with Crippen molar-refractivity contribution in [2.45, 2.75) is 31.6 Å². The van der Waals surface area contributed by atoms with Gasteiger partial charge < -0.3 is 15.4 Å².